The van der Waals surface area contributed by atoms with E-state index in [0.717, 1.165) is 24.0 Å². The van der Waals surface area contributed by atoms with Gasteiger partial charge in [0.15, 0.2) is 4.34 Å². The van der Waals surface area contributed by atoms with E-state index in [0.29, 0.717) is 14.9 Å². The zero-order valence-electron chi connectivity index (χ0n) is 11.1. The van der Waals surface area contributed by atoms with Gasteiger partial charge in [-0.2, -0.15) is 13.2 Å². The van der Waals surface area contributed by atoms with Gasteiger partial charge in [0.25, 0.3) is 0 Å². The minimum Gasteiger partial charge on any atom is -0.369 e. The number of aromatic nitrogens is 2. The first-order chi connectivity index (χ1) is 10.2. The third kappa shape index (κ3) is 4.11. The Morgan fingerprint density at radius 2 is 2.18 bits per heavy atom. The molecule has 118 valence electrons. The molecule has 2 aromatic heterocycles. The highest BCUT2D eigenvalue weighted by Gasteiger charge is 2.31. The summed E-state index contributed by atoms with van der Waals surface area (Å²) in [6.45, 7) is 1.72. The predicted octanol–water partition coefficient (Wildman–Crippen LogP) is 3.70. The molecule has 2 aromatic rings. The molecular weight excluding hydrogens is 359 g/mol. The Hall–Kier alpha value is -1.32. The van der Waals surface area contributed by atoms with Crippen molar-refractivity contribution in [2.24, 2.45) is 5.73 Å². The van der Waals surface area contributed by atoms with Crippen molar-refractivity contribution in [1.29, 1.82) is 0 Å². The van der Waals surface area contributed by atoms with Crippen molar-refractivity contribution in [3.63, 3.8) is 0 Å². The molecule has 0 bridgehead atoms. The van der Waals surface area contributed by atoms with Crippen LogP contribution in [0.4, 0.5) is 13.2 Å². The zero-order chi connectivity index (χ0) is 16.5. The number of hydrogen-bond acceptors (Lipinski definition) is 5. The fourth-order valence-electron chi connectivity index (χ4n) is 1.51. The lowest BCUT2D eigenvalue weighted by Gasteiger charge is -2.07. The van der Waals surface area contributed by atoms with Crippen LogP contribution in [0.1, 0.15) is 16.1 Å². The van der Waals surface area contributed by atoms with Crippen LogP contribution in [0, 0.1) is 6.92 Å². The van der Waals surface area contributed by atoms with Gasteiger partial charge in [0.05, 0.1) is 22.7 Å². The Kier molecular flexibility index (Phi) is 4.98. The van der Waals surface area contributed by atoms with Crippen LogP contribution in [0.2, 0.25) is 5.02 Å². The number of nitrogens with zero attached hydrogens (tertiary/aromatic N) is 2. The first kappa shape index (κ1) is 17.0. The van der Waals surface area contributed by atoms with Gasteiger partial charge in [-0.15, -0.1) is 11.3 Å². The van der Waals surface area contributed by atoms with Gasteiger partial charge in [-0.05, 0) is 24.8 Å². The van der Waals surface area contributed by atoms with Crippen molar-refractivity contribution in [1.82, 2.24) is 9.97 Å². The van der Waals surface area contributed by atoms with Crippen LogP contribution in [0.15, 0.2) is 21.6 Å². The third-order valence-corrected chi connectivity index (χ3v) is 5.16. The molecule has 10 heteroatoms. The molecule has 2 N–H and O–H groups in total. The molecule has 1 amide bonds. The average molecular weight is 368 g/mol. The van der Waals surface area contributed by atoms with E-state index in [9.17, 15) is 18.0 Å². The number of hydrogen-bond donors (Lipinski definition) is 1. The molecule has 22 heavy (non-hydrogen) atoms. The summed E-state index contributed by atoms with van der Waals surface area (Å²) in [7, 11) is 0. The van der Waals surface area contributed by atoms with Crippen molar-refractivity contribution >= 4 is 40.6 Å². The number of amides is 1. The summed E-state index contributed by atoms with van der Waals surface area (Å²) in [6, 6.07) is 0.821. The molecule has 2 rings (SSSR count). The molecule has 0 aromatic carbocycles. The zero-order valence-corrected chi connectivity index (χ0v) is 13.5. The van der Waals surface area contributed by atoms with Crippen molar-refractivity contribution in [2.75, 3.05) is 0 Å². The molecule has 0 atom stereocenters. The molecule has 2 heterocycles. The average Bonchev–Trinajstić information content (AvgIpc) is 2.70. The smallest absolute Gasteiger partial charge is 0.369 e. The monoisotopic (exact) mass is 367 g/mol. The highest BCUT2D eigenvalue weighted by molar-refractivity contribution is 8.01. The van der Waals surface area contributed by atoms with Gasteiger partial charge in [-0.1, -0.05) is 11.6 Å². The minimum atomic E-state index is -4.49. The van der Waals surface area contributed by atoms with Gasteiger partial charge in [-0.25, -0.2) is 9.97 Å². The van der Waals surface area contributed by atoms with E-state index in [1.54, 1.807) is 6.92 Å². The Bertz CT molecular complexity index is 718. The van der Waals surface area contributed by atoms with Gasteiger partial charge in [0.2, 0.25) is 5.91 Å². The summed E-state index contributed by atoms with van der Waals surface area (Å²) < 4.78 is 38.2. The van der Waals surface area contributed by atoms with Crippen LogP contribution in [0.5, 0.6) is 0 Å². The Labute approximate surface area is 136 Å². The highest BCUT2D eigenvalue weighted by atomic mass is 35.5. The molecule has 0 unspecified atom stereocenters. The summed E-state index contributed by atoms with van der Waals surface area (Å²) in [5, 5.41) is 0.109. The molecule has 0 fully saturated rings. The fourth-order valence-corrected chi connectivity index (χ4v) is 3.90. The van der Waals surface area contributed by atoms with Crippen LogP contribution in [-0.2, 0) is 17.4 Å². The molecule has 0 saturated heterocycles. The Morgan fingerprint density at radius 3 is 2.73 bits per heavy atom. The van der Waals surface area contributed by atoms with Crippen LogP contribution < -0.4 is 5.73 Å². The maximum atomic E-state index is 12.5. The number of alkyl halides is 3. The predicted molar refractivity (Wildman–Crippen MR) is 78.1 cm³/mol. The van der Waals surface area contributed by atoms with E-state index in [-0.39, 0.29) is 16.5 Å². The summed E-state index contributed by atoms with van der Waals surface area (Å²) >= 11 is 8.11. The number of rotatable bonds is 4. The van der Waals surface area contributed by atoms with Crippen molar-refractivity contribution < 1.29 is 18.0 Å². The molecule has 4 nitrogen and oxygen atoms in total. The topological polar surface area (TPSA) is 68.9 Å². The molecular formula is C12H9ClF3N3OS2. The molecule has 0 aliphatic heterocycles. The number of thiazole rings is 1. The maximum Gasteiger partial charge on any atom is 0.417 e. The molecule has 0 saturated carbocycles. The number of primary amides is 1. The lowest BCUT2D eigenvalue weighted by molar-refractivity contribution is -0.137. The standard InChI is InChI=1S/C12H9ClF3N3OS2/c1-5-8(3-9(17)20)21-11(19-5)22-10-7(13)2-6(4-18-10)12(14,15)16/h2,4H,3H2,1H3,(H2,17,20). The second-order valence-electron chi connectivity index (χ2n) is 4.24. The number of aryl methyl sites for hydroxylation is 1. The van der Waals surface area contributed by atoms with Crippen molar-refractivity contribution in [3.05, 3.63) is 33.4 Å². The highest BCUT2D eigenvalue weighted by Crippen LogP contribution is 2.38. The van der Waals surface area contributed by atoms with E-state index in [1.807, 2.05) is 0 Å². The first-order valence-electron chi connectivity index (χ1n) is 5.82. The van der Waals surface area contributed by atoms with E-state index in [2.05, 4.69) is 9.97 Å². The lowest BCUT2D eigenvalue weighted by Crippen LogP contribution is -2.13. The van der Waals surface area contributed by atoms with Gasteiger partial charge < -0.3 is 5.73 Å². The van der Waals surface area contributed by atoms with Crippen molar-refractivity contribution in [2.45, 2.75) is 28.9 Å². The number of halogens is 4. The molecule has 0 radical (unpaired) electrons. The van der Waals surface area contributed by atoms with Crippen LogP contribution >= 0.6 is 34.7 Å². The largest absolute Gasteiger partial charge is 0.417 e. The molecule has 0 aliphatic carbocycles. The number of pyridine rings is 1. The number of nitrogens with two attached hydrogens (primary N) is 1. The van der Waals surface area contributed by atoms with Gasteiger partial charge in [-0.3, -0.25) is 4.79 Å². The normalized spacial score (nSPS) is 11.7. The number of carbonyl (C=O) groups excluding carboxylic acids is 1. The van der Waals surface area contributed by atoms with Crippen LogP contribution in [0.25, 0.3) is 0 Å². The van der Waals surface area contributed by atoms with E-state index < -0.39 is 17.6 Å². The van der Waals surface area contributed by atoms with E-state index in [4.69, 9.17) is 17.3 Å². The van der Waals surface area contributed by atoms with Crippen LogP contribution in [-0.4, -0.2) is 15.9 Å². The minimum absolute atomic E-state index is 0.0677. The quantitative estimate of drug-likeness (QED) is 0.894. The Morgan fingerprint density at radius 1 is 1.50 bits per heavy atom. The summed E-state index contributed by atoms with van der Waals surface area (Å²) in [4.78, 5) is 19.6. The van der Waals surface area contributed by atoms with Gasteiger partial charge >= 0.3 is 6.18 Å². The Balaban J connectivity index is 2.23. The molecule has 0 aliphatic rings. The number of carbonyl (C=O) groups is 1. The fraction of sp³-hybridized carbons (Fsp3) is 0.250. The van der Waals surface area contributed by atoms with Crippen molar-refractivity contribution in [3.8, 4) is 0 Å². The van der Waals surface area contributed by atoms with Gasteiger partial charge in [0, 0.05) is 11.1 Å². The van der Waals surface area contributed by atoms with Gasteiger partial charge in [0.1, 0.15) is 5.03 Å². The lowest BCUT2D eigenvalue weighted by atomic mass is 10.3. The molecule has 0 spiro atoms. The second kappa shape index (κ2) is 6.43. The first-order valence-corrected chi connectivity index (χ1v) is 7.83. The summed E-state index contributed by atoms with van der Waals surface area (Å²) in [5.74, 6) is -0.478. The second-order valence-corrected chi connectivity index (χ2v) is 6.97. The third-order valence-electron chi connectivity index (χ3n) is 2.53. The van der Waals surface area contributed by atoms with Crippen LogP contribution in [0.3, 0.4) is 0 Å². The summed E-state index contributed by atoms with van der Waals surface area (Å²) in [6.07, 6.45) is -3.70. The van der Waals surface area contributed by atoms with E-state index in [1.165, 1.54) is 11.3 Å². The van der Waals surface area contributed by atoms with E-state index >= 15 is 0 Å². The summed E-state index contributed by atoms with van der Waals surface area (Å²) in [5.41, 5.74) is 4.87. The maximum absolute atomic E-state index is 12.5. The SMILES string of the molecule is Cc1nc(Sc2ncc(C(F)(F)F)cc2Cl)sc1CC(N)=O.